The van der Waals surface area contributed by atoms with E-state index in [0.717, 1.165) is 50.7 Å². The predicted molar refractivity (Wildman–Crippen MR) is 74.0 cm³/mol. The second-order valence-electron chi connectivity index (χ2n) is 5.91. The molecule has 2 unspecified atom stereocenters. The van der Waals surface area contributed by atoms with Gasteiger partial charge < -0.3 is 4.84 Å². The number of hydrogen-bond donors (Lipinski definition) is 0. The maximum absolute atomic E-state index is 13.4. The molecule has 0 N–H and O–H groups in total. The van der Waals surface area contributed by atoms with Crippen LogP contribution in [-0.4, -0.2) is 11.8 Å². The van der Waals surface area contributed by atoms with Crippen molar-refractivity contribution in [1.29, 1.82) is 0 Å². The number of alkyl halides is 3. The van der Waals surface area contributed by atoms with Crippen molar-refractivity contribution >= 4 is 5.71 Å². The highest BCUT2D eigenvalue weighted by molar-refractivity contribution is 6.03. The molecule has 0 spiro atoms. The molecular weight excluding hydrogens is 298 g/mol. The second kappa shape index (κ2) is 5.89. The molecule has 1 saturated carbocycles. The number of benzene rings is 1. The van der Waals surface area contributed by atoms with E-state index in [1.165, 1.54) is 6.07 Å². The van der Waals surface area contributed by atoms with Crippen molar-refractivity contribution in [2.45, 2.75) is 50.8 Å². The van der Waals surface area contributed by atoms with E-state index in [1.54, 1.807) is 0 Å². The summed E-state index contributed by atoms with van der Waals surface area (Å²) in [6.45, 7) is 0. The first-order chi connectivity index (χ1) is 10.5. The Balaban J connectivity index is 1.90. The van der Waals surface area contributed by atoms with Crippen molar-refractivity contribution in [3.05, 3.63) is 35.1 Å². The van der Waals surface area contributed by atoms with Gasteiger partial charge in [0.2, 0.25) is 0 Å². The average Bonchev–Trinajstić information content (AvgIpc) is 2.80. The summed E-state index contributed by atoms with van der Waals surface area (Å²) in [5, 5.41) is 4.01. The number of rotatable bonds is 1. The third-order valence-electron chi connectivity index (χ3n) is 4.41. The van der Waals surface area contributed by atoms with Crippen LogP contribution < -0.4 is 0 Å². The topological polar surface area (TPSA) is 21.6 Å². The van der Waals surface area contributed by atoms with Crippen LogP contribution in [0.15, 0.2) is 23.4 Å². The highest BCUT2D eigenvalue weighted by atomic mass is 19.4. The van der Waals surface area contributed by atoms with Crippen LogP contribution in [-0.2, 0) is 11.0 Å². The summed E-state index contributed by atoms with van der Waals surface area (Å²) < 4.78 is 52.0. The van der Waals surface area contributed by atoms with Gasteiger partial charge in [-0.05, 0) is 31.4 Å². The Morgan fingerprint density at radius 1 is 1.05 bits per heavy atom. The normalized spacial score (nSPS) is 25.7. The van der Waals surface area contributed by atoms with Gasteiger partial charge >= 0.3 is 6.18 Å². The van der Waals surface area contributed by atoms with Crippen molar-refractivity contribution in [3.63, 3.8) is 0 Å². The quantitative estimate of drug-likeness (QED) is 0.674. The van der Waals surface area contributed by atoms with Crippen molar-refractivity contribution in [1.82, 2.24) is 0 Å². The molecule has 2 nitrogen and oxygen atoms in total. The van der Waals surface area contributed by atoms with Gasteiger partial charge in [-0.15, -0.1) is 0 Å². The highest BCUT2D eigenvalue weighted by Crippen LogP contribution is 2.36. The van der Waals surface area contributed by atoms with E-state index in [-0.39, 0.29) is 12.0 Å². The molecule has 3 rings (SSSR count). The summed E-state index contributed by atoms with van der Waals surface area (Å²) in [6.07, 6.45) is 1.27. The van der Waals surface area contributed by atoms with Crippen LogP contribution in [0.3, 0.4) is 0 Å². The van der Waals surface area contributed by atoms with Crippen molar-refractivity contribution in [2.24, 2.45) is 11.1 Å². The summed E-state index contributed by atoms with van der Waals surface area (Å²) in [5.74, 6) is -1.25. The van der Waals surface area contributed by atoms with Gasteiger partial charge in [0.15, 0.2) is 0 Å². The number of halogens is 4. The molecule has 0 radical (unpaired) electrons. The molecule has 2 atom stereocenters. The van der Waals surface area contributed by atoms with Crippen molar-refractivity contribution in [3.8, 4) is 0 Å². The van der Waals surface area contributed by atoms with Gasteiger partial charge in [0.1, 0.15) is 11.9 Å². The zero-order chi connectivity index (χ0) is 15.7. The van der Waals surface area contributed by atoms with Gasteiger partial charge in [0.25, 0.3) is 0 Å². The fraction of sp³-hybridized carbons (Fsp3) is 0.562. The Labute approximate surface area is 126 Å². The minimum Gasteiger partial charge on any atom is -0.392 e. The largest absolute Gasteiger partial charge is 0.419 e. The number of oxime groups is 1. The first-order valence-corrected chi connectivity index (χ1v) is 7.57. The van der Waals surface area contributed by atoms with E-state index in [2.05, 4.69) is 5.16 Å². The van der Waals surface area contributed by atoms with Gasteiger partial charge in [-0.3, -0.25) is 0 Å². The first-order valence-electron chi connectivity index (χ1n) is 7.57. The third-order valence-corrected chi connectivity index (χ3v) is 4.41. The Hall–Kier alpha value is -1.59. The minimum atomic E-state index is -4.71. The molecule has 6 heteroatoms. The molecule has 2 aliphatic rings. The third kappa shape index (κ3) is 2.96. The lowest BCUT2D eigenvalue weighted by Crippen LogP contribution is -2.25. The molecule has 22 heavy (non-hydrogen) atoms. The van der Waals surface area contributed by atoms with Crippen LogP contribution in [0, 0.1) is 11.7 Å². The monoisotopic (exact) mass is 315 g/mol. The van der Waals surface area contributed by atoms with Gasteiger partial charge in [0, 0.05) is 11.5 Å². The number of fused-ring (bicyclic) bond motifs is 1. The van der Waals surface area contributed by atoms with Crippen molar-refractivity contribution in [2.75, 3.05) is 0 Å². The molecule has 1 aromatic carbocycles. The van der Waals surface area contributed by atoms with E-state index < -0.39 is 17.6 Å². The number of nitrogens with zero attached hydrogens (tertiary/aromatic N) is 1. The van der Waals surface area contributed by atoms with Crippen molar-refractivity contribution < 1.29 is 22.4 Å². The molecule has 0 bridgehead atoms. The van der Waals surface area contributed by atoms with Gasteiger partial charge in [-0.2, -0.15) is 13.2 Å². The van der Waals surface area contributed by atoms with E-state index in [1.807, 2.05) is 0 Å². The van der Waals surface area contributed by atoms with Gasteiger partial charge in [-0.25, -0.2) is 4.39 Å². The maximum Gasteiger partial charge on any atom is 0.419 e. The summed E-state index contributed by atoms with van der Waals surface area (Å²) in [6, 6.07) is 3.06. The highest BCUT2D eigenvalue weighted by Gasteiger charge is 2.38. The molecule has 0 aromatic heterocycles. The molecule has 0 amide bonds. The zero-order valence-electron chi connectivity index (χ0n) is 12.0. The van der Waals surface area contributed by atoms with E-state index in [9.17, 15) is 17.6 Å². The SMILES string of the molecule is Fc1ccc(C2=NOC3CCCCCCC23)cc1C(F)(F)F. The Morgan fingerprint density at radius 3 is 2.50 bits per heavy atom. The summed E-state index contributed by atoms with van der Waals surface area (Å²) >= 11 is 0. The van der Waals surface area contributed by atoms with Crippen LogP contribution >= 0.6 is 0 Å². The molecule has 120 valence electrons. The molecule has 1 aliphatic carbocycles. The van der Waals surface area contributed by atoms with Crippen LogP contribution in [0.4, 0.5) is 17.6 Å². The lowest BCUT2D eigenvalue weighted by Gasteiger charge is -2.21. The van der Waals surface area contributed by atoms with Crippen LogP contribution in [0.25, 0.3) is 0 Å². The molecule has 1 fully saturated rings. The molecular formula is C16H17F4NO. The Bertz CT molecular complexity index is 582. The Morgan fingerprint density at radius 2 is 1.77 bits per heavy atom. The fourth-order valence-corrected chi connectivity index (χ4v) is 3.25. The Kier molecular flexibility index (Phi) is 4.10. The van der Waals surface area contributed by atoms with Gasteiger partial charge in [0.05, 0.1) is 11.3 Å². The molecule has 1 aliphatic heterocycles. The van der Waals surface area contributed by atoms with E-state index in [0.29, 0.717) is 11.3 Å². The fourth-order valence-electron chi connectivity index (χ4n) is 3.25. The van der Waals surface area contributed by atoms with E-state index >= 15 is 0 Å². The molecule has 0 saturated heterocycles. The van der Waals surface area contributed by atoms with Crippen LogP contribution in [0.2, 0.25) is 0 Å². The van der Waals surface area contributed by atoms with E-state index in [4.69, 9.17) is 4.84 Å². The summed E-state index contributed by atoms with van der Waals surface area (Å²) in [5.41, 5.74) is -0.416. The van der Waals surface area contributed by atoms with Crippen LogP contribution in [0.1, 0.15) is 49.7 Å². The first kappa shape index (κ1) is 15.3. The minimum absolute atomic E-state index is 0.00634. The maximum atomic E-state index is 13.4. The summed E-state index contributed by atoms with van der Waals surface area (Å²) in [4.78, 5) is 5.43. The molecule has 1 aromatic rings. The lowest BCUT2D eigenvalue weighted by atomic mass is 9.83. The van der Waals surface area contributed by atoms with Crippen LogP contribution in [0.5, 0.6) is 0 Å². The zero-order valence-corrected chi connectivity index (χ0v) is 12.0. The standard InChI is InChI=1S/C16H17F4NO/c17-13-8-7-10(9-12(13)16(18,19)20)15-11-5-3-1-2-4-6-14(11)22-21-15/h7-9,11,14H,1-6H2. The summed E-state index contributed by atoms with van der Waals surface area (Å²) in [7, 11) is 0. The lowest BCUT2D eigenvalue weighted by molar-refractivity contribution is -0.140. The smallest absolute Gasteiger partial charge is 0.392 e. The second-order valence-corrected chi connectivity index (χ2v) is 5.91. The average molecular weight is 315 g/mol. The number of hydrogen-bond acceptors (Lipinski definition) is 2. The van der Waals surface area contributed by atoms with Gasteiger partial charge in [-0.1, -0.05) is 30.5 Å². The predicted octanol–water partition coefficient (Wildman–Crippen LogP) is 4.92. The molecule has 1 heterocycles.